The van der Waals surface area contributed by atoms with Crippen molar-refractivity contribution in [3.05, 3.63) is 33.5 Å². The average molecular weight is 259 g/mol. The summed E-state index contributed by atoms with van der Waals surface area (Å²) < 4.78 is 14.2. The van der Waals surface area contributed by atoms with Crippen molar-refractivity contribution in [2.24, 2.45) is 5.92 Å². The molecule has 1 aromatic rings. The van der Waals surface area contributed by atoms with E-state index >= 15 is 0 Å². The zero-order valence-electron chi connectivity index (χ0n) is 7.93. The van der Waals surface area contributed by atoms with Crippen molar-refractivity contribution in [3.8, 4) is 0 Å². The Morgan fingerprint density at radius 3 is 2.64 bits per heavy atom. The van der Waals surface area contributed by atoms with E-state index in [0.717, 1.165) is 18.4 Å². The fourth-order valence-electron chi connectivity index (χ4n) is 1.64. The maximum Gasteiger partial charge on any atom is 0.130 e. The van der Waals surface area contributed by atoms with Gasteiger partial charge in [0, 0.05) is 10.0 Å². The zero-order valence-corrected chi connectivity index (χ0v) is 9.51. The van der Waals surface area contributed by atoms with Crippen molar-refractivity contribution in [1.29, 1.82) is 0 Å². The highest BCUT2D eigenvalue weighted by Gasteiger charge is 2.33. The van der Waals surface area contributed by atoms with Gasteiger partial charge >= 0.3 is 0 Å². The molecule has 1 N–H and O–H groups in total. The molecule has 0 aromatic heterocycles. The lowest BCUT2D eigenvalue weighted by atomic mass is 10.0. The topological polar surface area (TPSA) is 20.2 Å². The van der Waals surface area contributed by atoms with E-state index < -0.39 is 6.10 Å². The molecule has 1 nitrogen and oxygen atoms in total. The first-order chi connectivity index (χ1) is 6.59. The Morgan fingerprint density at radius 1 is 1.50 bits per heavy atom. The maximum absolute atomic E-state index is 13.6. The first-order valence-corrected chi connectivity index (χ1v) is 5.52. The van der Waals surface area contributed by atoms with E-state index in [1.54, 1.807) is 0 Å². The monoisotopic (exact) mass is 258 g/mol. The first kappa shape index (κ1) is 10.1. The van der Waals surface area contributed by atoms with Gasteiger partial charge in [0.2, 0.25) is 0 Å². The molecule has 1 fully saturated rings. The molecular weight excluding hydrogens is 247 g/mol. The van der Waals surface area contributed by atoms with Gasteiger partial charge in [-0.1, -0.05) is 15.9 Å². The SMILES string of the molecule is Cc1cc(F)c(C(O)C2CC2)c(Br)c1. The van der Waals surface area contributed by atoms with Crippen LogP contribution in [0.3, 0.4) is 0 Å². The summed E-state index contributed by atoms with van der Waals surface area (Å²) in [5, 5.41) is 9.84. The van der Waals surface area contributed by atoms with Gasteiger partial charge in [0.05, 0.1) is 6.10 Å². The van der Waals surface area contributed by atoms with Crippen LogP contribution >= 0.6 is 15.9 Å². The lowest BCUT2D eigenvalue weighted by Gasteiger charge is -2.13. The molecule has 1 unspecified atom stereocenters. The second kappa shape index (κ2) is 3.63. The molecule has 3 heteroatoms. The second-order valence-electron chi connectivity index (χ2n) is 3.92. The number of aliphatic hydroxyl groups is 1. The normalized spacial score (nSPS) is 18.3. The summed E-state index contributed by atoms with van der Waals surface area (Å²) in [6, 6.07) is 3.30. The summed E-state index contributed by atoms with van der Waals surface area (Å²) in [5.74, 6) is -0.0558. The lowest BCUT2D eigenvalue weighted by Crippen LogP contribution is -2.04. The van der Waals surface area contributed by atoms with E-state index in [0.29, 0.717) is 10.0 Å². The van der Waals surface area contributed by atoms with E-state index in [2.05, 4.69) is 15.9 Å². The number of hydrogen-bond acceptors (Lipinski definition) is 1. The van der Waals surface area contributed by atoms with Gasteiger partial charge < -0.3 is 5.11 Å². The van der Waals surface area contributed by atoms with Crippen LogP contribution in [-0.4, -0.2) is 5.11 Å². The molecule has 0 saturated heterocycles. The molecule has 1 aliphatic carbocycles. The molecule has 1 atom stereocenters. The predicted octanol–water partition coefficient (Wildman–Crippen LogP) is 3.34. The van der Waals surface area contributed by atoms with Gasteiger partial charge in [-0.2, -0.15) is 0 Å². The van der Waals surface area contributed by atoms with E-state index in [9.17, 15) is 9.50 Å². The van der Waals surface area contributed by atoms with Gasteiger partial charge in [-0.25, -0.2) is 4.39 Å². The Balaban J connectivity index is 2.40. The lowest BCUT2D eigenvalue weighted by molar-refractivity contribution is 0.148. The fourth-order valence-corrected chi connectivity index (χ4v) is 2.43. The van der Waals surface area contributed by atoms with Gasteiger partial charge in [-0.15, -0.1) is 0 Å². The number of halogens is 2. The van der Waals surface area contributed by atoms with Crippen molar-refractivity contribution in [2.45, 2.75) is 25.9 Å². The minimum atomic E-state index is -0.648. The Bertz CT molecular complexity index is 337. The molecule has 1 aliphatic rings. The van der Waals surface area contributed by atoms with Crippen LogP contribution in [0.2, 0.25) is 0 Å². The Labute approximate surface area is 91.1 Å². The quantitative estimate of drug-likeness (QED) is 0.863. The predicted molar refractivity (Wildman–Crippen MR) is 56.5 cm³/mol. The summed E-state index contributed by atoms with van der Waals surface area (Å²) >= 11 is 3.29. The average Bonchev–Trinajstić information content (AvgIpc) is 2.83. The van der Waals surface area contributed by atoms with E-state index in [-0.39, 0.29) is 11.7 Å². The van der Waals surface area contributed by atoms with Crippen LogP contribution in [0.15, 0.2) is 16.6 Å². The van der Waals surface area contributed by atoms with Crippen molar-refractivity contribution in [1.82, 2.24) is 0 Å². The molecule has 1 aromatic carbocycles. The van der Waals surface area contributed by atoms with Crippen LogP contribution in [0.4, 0.5) is 4.39 Å². The van der Waals surface area contributed by atoms with E-state index in [1.807, 2.05) is 13.0 Å². The molecule has 76 valence electrons. The Morgan fingerprint density at radius 2 is 2.14 bits per heavy atom. The molecule has 0 amide bonds. The molecule has 1 saturated carbocycles. The molecule has 2 rings (SSSR count). The number of aryl methyl sites for hydroxylation is 1. The van der Waals surface area contributed by atoms with Crippen molar-refractivity contribution in [3.63, 3.8) is 0 Å². The fraction of sp³-hybridized carbons (Fsp3) is 0.455. The van der Waals surface area contributed by atoms with Crippen LogP contribution in [0.5, 0.6) is 0 Å². The van der Waals surface area contributed by atoms with Gasteiger partial charge in [-0.3, -0.25) is 0 Å². The van der Waals surface area contributed by atoms with Crippen molar-refractivity contribution in [2.75, 3.05) is 0 Å². The molecule has 0 aliphatic heterocycles. The van der Waals surface area contributed by atoms with Crippen LogP contribution in [0.25, 0.3) is 0 Å². The van der Waals surface area contributed by atoms with Gasteiger partial charge in [0.1, 0.15) is 5.82 Å². The number of hydrogen-bond donors (Lipinski definition) is 1. The zero-order chi connectivity index (χ0) is 10.3. The van der Waals surface area contributed by atoms with Gasteiger partial charge in [-0.05, 0) is 43.4 Å². The van der Waals surface area contributed by atoms with E-state index in [4.69, 9.17) is 0 Å². The standard InChI is InChI=1S/C11H12BrFO/c1-6-4-8(12)10(9(13)5-6)11(14)7-2-3-7/h4-5,7,11,14H,2-3H2,1H3. The van der Waals surface area contributed by atoms with Crippen LogP contribution in [0.1, 0.15) is 30.1 Å². The summed E-state index contributed by atoms with van der Waals surface area (Å²) in [6.07, 6.45) is 1.35. The van der Waals surface area contributed by atoms with Crippen molar-refractivity contribution < 1.29 is 9.50 Å². The molecular formula is C11H12BrFO. The minimum absolute atomic E-state index is 0.253. The Kier molecular flexibility index (Phi) is 2.62. The third-order valence-electron chi connectivity index (χ3n) is 2.59. The maximum atomic E-state index is 13.6. The summed E-state index contributed by atoms with van der Waals surface area (Å²) in [7, 11) is 0. The molecule has 0 heterocycles. The third kappa shape index (κ3) is 1.84. The molecule has 0 spiro atoms. The van der Waals surface area contributed by atoms with Crippen LogP contribution in [-0.2, 0) is 0 Å². The largest absolute Gasteiger partial charge is 0.388 e. The Hall–Kier alpha value is -0.410. The highest BCUT2D eigenvalue weighted by molar-refractivity contribution is 9.10. The van der Waals surface area contributed by atoms with E-state index in [1.165, 1.54) is 6.07 Å². The van der Waals surface area contributed by atoms with Crippen LogP contribution < -0.4 is 0 Å². The first-order valence-electron chi connectivity index (χ1n) is 4.73. The number of aliphatic hydroxyl groups excluding tert-OH is 1. The van der Waals surface area contributed by atoms with Gasteiger partial charge in [0.15, 0.2) is 0 Å². The number of rotatable bonds is 2. The second-order valence-corrected chi connectivity index (χ2v) is 4.78. The molecule has 0 radical (unpaired) electrons. The summed E-state index contributed by atoms with van der Waals surface area (Å²) in [6.45, 7) is 1.83. The highest BCUT2D eigenvalue weighted by atomic mass is 79.9. The smallest absolute Gasteiger partial charge is 0.130 e. The summed E-state index contributed by atoms with van der Waals surface area (Å²) in [5.41, 5.74) is 1.28. The molecule has 14 heavy (non-hydrogen) atoms. The third-order valence-corrected chi connectivity index (χ3v) is 3.24. The minimum Gasteiger partial charge on any atom is -0.388 e. The van der Waals surface area contributed by atoms with Gasteiger partial charge in [0.25, 0.3) is 0 Å². The van der Waals surface area contributed by atoms with Crippen LogP contribution in [0, 0.1) is 18.7 Å². The highest BCUT2D eigenvalue weighted by Crippen LogP contribution is 2.43. The summed E-state index contributed by atoms with van der Waals surface area (Å²) in [4.78, 5) is 0. The number of benzene rings is 1. The van der Waals surface area contributed by atoms with Crippen molar-refractivity contribution >= 4 is 15.9 Å². The molecule has 0 bridgehead atoms.